The molecule has 3 amide bonds. The van der Waals surface area contributed by atoms with Crippen molar-refractivity contribution in [1.82, 2.24) is 0 Å². The van der Waals surface area contributed by atoms with Crippen LogP contribution in [0.5, 0.6) is 0 Å². The zero-order valence-corrected chi connectivity index (χ0v) is 12.5. The Kier molecular flexibility index (Phi) is 3.79. The van der Waals surface area contributed by atoms with Gasteiger partial charge in [-0.2, -0.15) is 0 Å². The van der Waals surface area contributed by atoms with Crippen molar-refractivity contribution in [3.05, 3.63) is 35.4 Å². The number of benzene rings is 1. The van der Waals surface area contributed by atoms with Gasteiger partial charge >= 0.3 is 0 Å². The number of carbonyl (C=O) groups is 3. The predicted molar refractivity (Wildman–Crippen MR) is 83.3 cm³/mol. The van der Waals surface area contributed by atoms with Crippen molar-refractivity contribution in [2.75, 3.05) is 10.2 Å². The largest absolute Gasteiger partial charge is 0.326 e. The summed E-state index contributed by atoms with van der Waals surface area (Å²) in [5, 5.41) is 2.67. The van der Waals surface area contributed by atoms with E-state index in [0.29, 0.717) is 17.8 Å². The molecule has 2 aliphatic rings. The van der Waals surface area contributed by atoms with Gasteiger partial charge in [0.1, 0.15) is 0 Å². The first kappa shape index (κ1) is 14.5. The minimum atomic E-state index is -0.182. The Morgan fingerprint density at radius 2 is 1.77 bits per heavy atom. The van der Waals surface area contributed by atoms with E-state index in [1.165, 1.54) is 11.8 Å². The number of nitrogens with one attached hydrogen (secondary N) is 1. The number of hydrogen-bond donors (Lipinski definition) is 1. The average molecular weight is 298 g/mol. The first-order valence-electron chi connectivity index (χ1n) is 7.52. The number of rotatable bonds is 2. The lowest BCUT2D eigenvalue weighted by atomic mass is 9.86. The summed E-state index contributed by atoms with van der Waals surface area (Å²) >= 11 is 0. The summed E-state index contributed by atoms with van der Waals surface area (Å²) in [4.78, 5) is 37.2. The zero-order valence-electron chi connectivity index (χ0n) is 12.5. The van der Waals surface area contributed by atoms with Crippen LogP contribution in [-0.4, -0.2) is 17.7 Å². The van der Waals surface area contributed by atoms with Crippen molar-refractivity contribution in [2.45, 2.75) is 39.0 Å². The van der Waals surface area contributed by atoms with E-state index in [0.717, 1.165) is 36.8 Å². The summed E-state index contributed by atoms with van der Waals surface area (Å²) in [6, 6.07) is 6.77. The monoisotopic (exact) mass is 298 g/mol. The number of carbonyl (C=O) groups excluding carboxylic acids is 3. The van der Waals surface area contributed by atoms with Crippen molar-refractivity contribution in [1.29, 1.82) is 0 Å². The van der Waals surface area contributed by atoms with E-state index in [1.54, 1.807) is 24.3 Å². The average Bonchev–Trinajstić information content (AvgIpc) is 2.48. The smallest absolute Gasteiger partial charge is 0.260 e. The summed E-state index contributed by atoms with van der Waals surface area (Å²) < 4.78 is 0. The Labute approximate surface area is 129 Å². The molecule has 0 saturated heterocycles. The fourth-order valence-electron chi connectivity index (χ4n) is 3.09. The molecule has 0 unspecified atom stereocenters. The van der Waals surface area contributed by atoms with E-state index in [4.69, 9.17) is 0 Å². The molecule has 0 radical (unpaired) electrons. The van der Waals surface area contributed by atoms with Gasteiger partial charge in [0, 0.05) is 24.6 Å². The Balaban J connectivity index is 1.88. The van der Waals surface area contributed by atoms with Gasteiger partial charge in [0.15, 0.2) is 0 Å². The van der Waals surface area contributed by atoms with Crippen LogP contribution >= 0.6 is 0 Å². The van der Waals surface area contributed by atoms with Crippen LogP contribution in [0.25, 0.3) is 0 Å². The van der Waals surface area contributed by atoms with Crippen molar-refractivity contribution in [3.63, 3.8) is 0 Å². The van der Waals surface area contributed by atoms with Crippen molar-refractivity contribution in [2.24, 2.45) is 0 Å². The molecule has 1 heterocycles. The second kappa shape index (κ2) is 5.75. The molecule has 5 nitrogen and oxygen atoms in total. The van der Waals surface area contributed by atoms with E-state index in [9.17, 15) is 14.4 Å². The van der Waals surface area contributed by atoms with Crippen LogP contribution in [0, 0.1) is 0 Å². The molecule has 114 valence electrons. The SMILES string of the molecule is CC(=O)Nc1ccc(N2C(=O)CC3=C(CCCC3)C2=O)cc1. The highest BCUT2D eigenvalue weighted by molar-refractivity contribution is 6.24. The van der Waals surface area contributed by atoms with Gasteiger partial charge in [-0.3, -0.25) is 14.4 Å². The van der Waals surface area contributed by atoms with E-state index in [2.05, 4.69) is 5.32 Å². The first-order valence-corrected chi connectivity index (χ1v) is 7.52. The Bertz CT molecular complexity index is 674. The highest BCUT2D eigenvalue weighted by Gasteiger charge is 2.34. The third kappa shape index (κ3) is 2.66. The van der Waals surface area contributed by atoms with Crippen molar-refractivity contribution >= 4 is 29.1 Å². The molecule has 22 heavy (non-hydrogen) atoms. The lowest BCUT2D eigenvalue weighted by Crippen LogP contribution is -2.42. The highest BCUT2D eigenvalue weighted by Crippen LogP contribution is 2.34. The molecule has 5 heteroatoms. The molecule has 0 saturated carbocycles. The molecular weight excluding hydrogens is 280 g/mol. The molecule has 1 aliphatic carbocycles. The normalized spacial score (nSPS) is 18.3. The summed E-state index contributed by atoms with van der Waals surface area (Å²) in [5.74, 6) is -0.508. The molecule has 1 aromatic rings. The molecule has 0 bridgehead atoms. The maximum Gasteiger partial charge on any atom is 0.260 e. The maximum absolute atomic E-state index is 12.6. The first-order chi connectivity index (χ1) is 10.6. The number of imide groups is 1. The van der Waals surface area contributed by atoms with Crippen LogP contribution < -0.4 is 10.2 Å². The fraction of sp³-hybridized carbons (Fsp3) is 0.353. The van der Waals surface area contributed by atoms with E-state index in [1.807, 2.05) is 0 Å². The Morgan fingerprint density at radius 1 is 1.09 bits per heavy atom. The van der Waals surface area contributed by atoms with Crippen LogP contribution in [0.15, 0.2) is 35.4 Å². The molecule has 0 fully saturated rings. The maximum atomic E-state index is 12.6. The van der Waals surface area contributed by atoms with Crippen molar-refractivity contribution in [3.8, 4) is 0 Å². The van der Waals surface area contributed by atoms with Gasteiger partial charge in [-0.1, -0.05) is 5.57 Å². The Hall–Kier alpha value is -2.43. The minimum absolute atomic E-state index is 0.158. The standard InChI is InChI=1S/C17H18N2O3/c1-11(20)18-13-6-8-14(9-7-13)19-16(21)10-12-4-2-3-5-15(12)17(19)22/h6-9H,2-5,10H2,1H3,(H,18,20). The van der Waals surface area contributed by atoms with Gasteiger partial charge in [-0.05, 0) is 49.9 Å². The zero-order chi connectivity index (χ0) is 15.7. The summed E-state index contributed by atoms with van der Waals surface area (Å²) in [6.45, 7) is 1.43. The lowest BCUT2D eigenvalue weighted by molar-refractivity contribution is -0.125. The number of anilines is 2. The molecule has 0 spiro atoms. The number of nitrogens with zero attached hydrogens (tertiary/aromatic N) is 1. The van der Waals surface area contributed by atoms with Crippen LogP contribution in [0.4, 0.5) is 11.4 Å². The predicted octanol–water partition coefficient (Wildman–Crippen LogP) is 2.78. The highest BCUT2D eigenvalue weighted by atomic mass is 16.2. The second-order valence-corrected chi connectivity index (χ2v) is 5.73. The lowest BCUT2D eigenvalue weighted by Gasteiger charge is -2.31. The topological polar surface area (TPSA) is 66.5 Å². The van der Waals surface area contributed by atoms with Crippen LogP contribution in [0.1, 0.15) is 39.0 Å². The second-order valence-electron chi connectivity index (χ2n) is 5.73. The van der Waals surface area contributed by atoms with E-state index in [-0.39, 0.29) is 17.7 Å². The van der Waals surface area contributed by atoms with Gasteiger partial charge in [-0.15, -0.1) is 0 Å². The third-order valence-corrected chi connectivity index (χ3v) is 4.10. The van der Waals surface area contributed by atoms with Gasteiger partial charge < -0.3 is 5.32 Å². The van der Waals surface area contributed by atoms with E-state index >= 15 is 0 Å². The van der Waals surface area contributed by atoms with E-state index < -0.39 is 0 Å². The minimum Gasteiger partial charge on any atom is -0.326 e. The molecule has 1 aliphatic heterocycles. The van der Waals surface area contributed by atoms with Gasteiger partial charge in [0.25, 0.3) is 5.91 Å². The number of amides is 3. The van der Waals surface area contributed by atoms with Crippen molar-refractivity contribution < 1.29 is 14.4 Å². The molecular formula is C17H18N2O3. The van der Waals surface area contributed by atoms with Gasteiger partial charge in [-0.25, -0.2) is 4.90 Å². The molecule has 3 rings (SSSR count). The summed E-state index contributed by atoms with van der Waals surface area (Å²) in [5.41, 5.74) is 3.04. The molecule has 0 aromatic heterocycles. The van der Waals surface area contributed by atoms with Gasteiger partial charge in [0.05, 0.1) is 5.69 Å². The molecule has 0 atom stereocenters. The molecule has 1 N–H and O–H groups in total. The third-order valence-electron chi connectivity index (χ3n) is 4.10. The summed E-state index contributed by atoms with van der Waals surface area (Å²) in [6.07, 6.45) is 4.04. The van der Waals surface area contributed by atoms with Crippen LogP contribution in [-0.2, 0) is 14.4 Å². The van der Waals surface area contributed by atoms with Crippen LogP contribution in [0.3, 0.4) is 0 Å². The fourth-order valence-corrected chi connectivity index (χ4v) is 3.09. The quantitative estimate of drug-likeness (QED) is 0.854. The summed E-state index contributed by atoms with van der Waals surface area (Å²) in [7, 11) is 0. The van der Waals surface area contributed by atoms with Gasteiger partial charge in [0.2, 0.25) is 11.8 Å². The van der Waals surface area contributed by atoms with Crippen LogP contribution in [0.2, 0.25) is 0 Å². The Morgan fingerprint density at radius 3 is 2.45 bits per heavy atom. The molecule has 1 aromatic carbocycles. The number of hydrogen-bond acceptors (Lipinski definition) is 3.